The van der Waals surface area contributed by atoms with Gasteiger partial charge in [0.1, 0.15) is 0 Å². The fourth-order valence-corrected chi connectivity index (χ4v) is 7.09. The topological polar surface area (TPSA) is 142 Å². The van der Waals surface area contributed by atoms with Gasteiger partial charge in [-0.1, -0.05) is 66.7 Å². The molecule has 3 N–H and O–H groups in total. The van der Waals surface area contributed by atoms with Crippen LogP contribution >= 0.6 is 0 Å². The van der Waals surface area contributed by atoms with Crippen molar-refractivity contribution in [3.63, 3.8) is 0 Å². The van der Waals surface area contributed by atoms with Gasteiger partial charge in [-0.05, 0) is 54.6 Å². The van der Waals surface area contributed by atoms with Gasteiger partial charge in [0.2, 0.25) is 0 Å². The largest absolute Gasteiger partial charge is 0.355 e. The molecular formula is C42H23N3O6. The van der Waals surface area contributed by atoms with Gasteiger partial charge in [0.15, 0.2) is 28.6 Å². The lowest BCUT2D eigenvalue weighted by Gasteiger charge is -2.23. The van der Waals surface area contributed by atoms with Crippen LogP contribution in [0.1, 0.15) is 74.0 Å². The molecule has 0 bridgehead atoms. The van der Waals surface area contributed by atoms with E-state index in [1.165, 1.54) is 6.07 Å². The van der Waals surface area contributed by atoms with E-state index < -0.39 is 17.5 Å². The summed E-state index contributed by atoms with van der Waals surface area (Å²) in [5.41, 5.74) is 3.53. The number of hydrogen-bond donors (Lipinski definition) is 3. The van der Waals surface area contributed by atoms with E-state index in [1.807, 2.05) is 0 Å². The lowest BCUT2D eigenvalue weighted by molar-refractivity contribution is 0.0979. The zero-order chi connectivity index (χ0) is 35.0. The first kappa shape index (κ1) is 29.8. The van der Waals surface area contributed by atoms with Gasteiger partial charge in [0.05, 0.1) is 33.6 Å². The number of benzene rings is 6. The van der Waals surface area contributed by atoms with E-state index in [0.717, 1.165) is 0 Å². The molecular weight excluding hydrogens is 642 g/mol. The van der Waals surface area contributed by atoms with E-state index in [9.17, 15) is 28.8 Å². The van der Waals surface area contributed by atoms with E-state index in [0.29, 0.717) is 33.4 Å². The summed E-state index contributed by atoms with van der Waals surface area (Å²) in [5, 5.41) is 6.59. The molecule has 0 spiro atoms. The minimum absolute atomic E-state index is 0.117. The van der Waals surface area contributed by atoms with Crippen LogP contribution in [0.4, 0.5) is 17.1 Å². The highest BCUT2D eigenvalue weighted by molar-refractivity contribution is 6.33. The fraction of sp³-hybridized carbons (Fsp3) is 0. The highest BCUT2D eigenvalue weighted by Crippen LogP contribution is 2.37. The zero-order valence-corrected chi connectivity index (χ0v) is 26.5. The number of rotatable bonds is 4. The van der Waals surface area contributed by atoms with Crippen molar-refractivity contribution in [2.45, 2.75) is 0 Å². The molecule has 51 heavy (non-hydrogen) atoms. The first-order valence-corrected chi connectivity index (χ1v) is 16.1. The molecule has 242 valence electrons. The Bertz CT molecular complexity index is 2820. The van der Waals surface area contributed by atoms with Gasteiger partial charge >= 0.3 is 0 Å². The highest BCUT2D eigenvalue weighted by atomic mass is 16.2. The molecule has 6 aromatic carbocycles. The second-order valence-corrected chi connectivity index (χ2v) is 12.4. The van der Waals surface area contributed by atoms with Gasteiger partial charge in [0, 0.05) is 55.4 Å². The van der Waals surface area contributed by atoms with Crippen molar-refractivity contribution in [3.05, 3.63) is 182 Å². The SMILES string of the molecule is O=C(Nc1cccc2c1C(=O)c1cccc(Nc3ccc4[nH]c5c6c(ccc5c(=O)c4c3)C(=O)c3ccccc3C6=O)c1C2=O)c1ccccc1. The van der Waals surface area contributed by atoms with Crippen molar-refractivity contribution in [1.82, 2.24) is 4.98 Å². The van der Waals surface area contributed by atoms with Crippen molar-refractivity contribution >= 4 is 67.9 Å². The predicted molar refractivity (Wildman–Crippen MR) is 193 cm³/mol. The molecule has 2 aliphatic carbocycles. The van der Waals surface area contributed by atoms with Gasteiger partial charge in [-0.3, -0.25) is 28.8 Å². The number of ketones is 4. The molecule has 1 heterocycles. The number of aromatic amines is 1. The monoisotopic (exact) mass is 665 g/mol. The summed E-state index contributed by atoms with van der Waals surface area (Å²) in [6.07, 6.45) is 0. The number of H-pyrrole nitrogens is 1. The third-order valence-electron chi connectivity index (χ3n) is 9.50. The molecule has 0 unspecified atom stereocenters. The van der Waals surface area contributed by atoms with Crippen molar-refractivity contribution in [3.8, 4) is 0 Å². The summed E-state index contributed by atoms with van der Waals surface area (Å²) in [6.45, 7) is 0. The molecule has 9 heteroatoms. The molecule has 0 saturated carbocycles. The summed E-state index contributed by atoms with van der Waals surface area (Å²) >= 11 is 0. The third-order valence-corrected chi connectivity index (χ3v) is 9.50. The van der Waals surface area contributed by atoms with E-state index in [4.69, 9.17) is 0 Å². The predicted octanol–water partition coefficient (Wildman–Crippen LogP) is 7.23. The minimum atomic E-state index is -0.410. The Labute approximate surface area is 288 Å². The maximum absolute atomic E-state index is 14.0. The second kappa shape index (κ2) is 11.1. The van der Waals surface area contributed by atoms with Crippen LogP contribution in [0.25, 0.3) is 21.8 Å². The number of hydrogen-bond acceptors (Lipinski definition) is 7. The normalized spacial score (nSPS) is 13.0. The Morgan fingerprint density at radius 1 is 0.490 bits per heavy atom. The van der Waals surface area contributed by atoms with Crippen molar-refractivity contribution < 1.29 is 24.0 Å². The van der Waals surface area contributed by atoms with Gasteiger partial charge < -0.3 is 15.6 Å². The maximum atomic E-state index is 14.0. The first-order chi connectivity index (χ1) is 24.8. The number of pyridine rings is 1. The summed E-state index contributed by atoms with van der Waals surface area (Å²) in [6, 6.07) is 33.0. The lowest BCUT2D eigenvalue weighted by atomic mass is 9.82. The van der Waals surface area contributed by atoms with Crippen LogP contribution in [-0.2, 0) is 0 Å². The van der Waals surface area contributed by atoms with Gasteiger partial charge in [-0.2, -0.15) is 0 Å². The highest BCUT2D eigenvalue weighted by Gasteiger charge is 2.35. The van der Waals surface area contributed by atoms with Crippen LogP contribution < -0.4 is 16.1 Å². The van der Waals surface area contributed by atoms with Gasteiger partial charge in [-0.15, -0.1) is 0 Å². The van der Waals surface area contributed by atoms with Crippen LogP contribution in [0.3, 0.4) is 0 Å². The molecule has 2 aliphatic rings. The van der Waals surface area contributed by atoms with Crippen LogP contribution in [0.5, 0.6) is 0 Å². The molecule has 0 fully saturated rings. The number of fused-ring (bicyclic) bond motifs is 7. The van der Waals surface area contributed by atoms with Crippen LogP contribution in [-0.4, -0.2) is 34.0 Å². The van der Waals surface area contributed by atoms with Crippen LogP contribution in [0, 0.1) is 0 Å². The zero-order valence-electron chi connectivity index (χ0n) is 26.5. The number of amides is 1. The number of carbonyl (C=O) groups excluding carboxylic acids is 5. The molecule has 1 amide bonds. The van der Waals surface area contributed by atoms with Gasteiger partial charge in [0.25, 0.3) is 5.91 Å². The molecule has 7 aromatic rings. The number of nitrogens with one attached hydrogen (secondary N) is 3. The average Bonchev–Trinajstić information content (AvgIpc) is 3.16. The number of anilines is 3. The maximum Gasteiger partial charge on any atom is 0.255 e. The number of carbonyl (C=O) groups is 5. The summed E-state index contributed by atoms with van der Waals surface area (Å²) in [5.74, 6) is -1.83. The van der Waals surface area contributed by atoms with Crippen LogP contribution in [0.2, 0.25) is 0 Å². The minimum Gasteiger partial charge on any atom is -0.355 e. The van der Waals surface area contributed by atoms with Gasteiger partial charge in [-0.25, -0.2) is 0 Å². The Kier molecular flexibility index (Phi) is 6.52. The molecule has 9 nitrogen and oxygen atoms in total. The third kappa shape index (κ3) is 4.49. The Balaban J connectivity index is 1.09. The molecule has 9 rings (SSSR count). The Morgan fingerprint density at radius 3 is 1.80 bits per heavy atom. The average molecular weight is 666 g/mol. The van der Waals surface area contributed by atoms with E-state index in [1.54, 1.807) is 115 Å². The van der Waals surface area contributed by atoms with Crippen molar-refractivity contribution in [2.24, 2.45) is 0 Å². The van der Waals surface area contributed by atoms with Crippen molar-refractivity contribution in [2.75, 3.05) is 10.6 Å². The molecule has 0 saturated heterocycles. The molecule has 0 aliphatic heterocycles. The Hall–Kier alpha value is -7.26. The first-order valence-electron chi connectivity index (χ1n) is 16.1. The van der Waals surface area contributed by atoms with Crippen LogP contribution in [0.15, 0.2) is 126 Å². The number of aromatic nitrogens is 1. The summed E-state index contributed by atoms with van der Waals surface area (Å²) in [7, 11) is 0. The summed E-state index contributed by atoms with van der Waals surface area (Å²) < 4.78 is 0. The second-order valence-electron chi connectivity index (χ2n) is 12.4. The molecule has 1 aromatic heterocycles. The lowest BCUT2D eigenvalue weighted by Crippen LogP contribution is -2.24. The molecule has 0 atom stereocenters. The smallest absolute Gasteiger partial charge is 0.255 e. The standard InChI is InChI=1S/C42H23N3O6/c46-37-23-10-4-5-11-24(23)39(48)35-27(37)17-18-28-36(35)44-30-19-16-22(20-29(30)38(28)47)43-31-14-6-12-25-33(31)40(49)26-13-7-15-32(34(26)41(25)50)45-42(51)21-8-2-1-3-9-21/h1-20,43H,(H,44,47)(H,45,51). The Morgan fingerprint density at radius 2 is 1.08 bits per heavy atom. The van der Waals surface area contributed by atoms with Crippen molar-refractivity contribution in [1.29, 1.82) is 0 Å². The fourth-order valence-electron chi connectivity index (χ4n) is 7.09. The molecule has 0 radical (unpaired) electrons. The van der Waals surface area contributed by atoms with E-state index >= 15 is 0 Å². The van der Waals surface area contributed by atoms with E-state index in [2.05, 4.69) is 15.6 Å². The van der Waals surface area contributed by atoms with E-state index in [-0.39, 0.29) is 72.5 Å². The quantitative estimate of drug-likeness (QED) is 0.168. The summed E-state index contributed by atoms with van der Waals surface area (Å²) in [4.78, 5) is 84.9.